The van der Waals surface area contributed by atoms with Crippen LogP contribution >= 0.6 is 11.6 Å². The Kier molecular flexibility index (Phi) is 9.14. The van der Waals surface area contributed by atoms with Crippen LogP contribution < -0.4 is 0 Å². The van der Waals surface area contributed by atoms with E-state index in [-0.39, 0.29) is 5.56 Å². The van der Waals surface area contributed by atoms with E-state index in [1.54, 1.807) is 0 Å². The molecule has 0 amide bonds. The molecule has 2 heteroatoms. The van der Waals surface area contributed by atoms with E-state index in [1.165, 1.54) is 64.2 Å². The Bertz CT molecular complexity index is 196. The summed E-state index contributed by atoms with van der Waals surface area (Å²) in [4.78, 5) is 0. The Hall–Kier alpha value is 0.250. The Labute approximate surface area is 119 Å². The van der Waals surface area contributed by atoms with Crippen LogP contribution in [0.2, 0.25) is 0 Å². The Morgan fingerprint density at radius 2 is 1.61 bits per heavy atom. The van der Waals surface area contributed by atoms with Crippen molar-refractivity contribution in [2.24, 2.45) is 11.8 Å². The molecule has 108 valence electrons. The van der Waals surface area contributed by atoms with Crippen LogP contribution in [0.1, 0.15) is 78.1 Å². The largest absolute Gasteiger partial charge is 0.362 e. The van der Waals surface area contributed by atoms with Crippen molar-refractivity contribution in [3.8, 4) is 0 Å². The summed E-state index contributed by atoms with van der Waals surface area (Å²) >= 11 is 6.22. The highest BCUT2D eigenvalue weighted by molar-refractivity contribution is 6.19. The van der Waals surface area contributed by atoms with Crippen LogP contribution in [0.4, 0.5) is 0 Å². The van der Waals surface area contributed by atoms with Gasteiger partial charge in [-0.3, -0.25) is 0 Å². The van der Waals surface area contributed by atoms with E-state index in [0.29, 0.717) is 11.8 Å². The first-order valence-electron chi connectivity index (χ1n) is 7.99. The molecule has 3 unspecified atom stereocenters. The van der Waals surface area contributed by atoms with Crippen LogP contribution in [-0.2, 0) is 4.74 Å². The van der Waals surface area contributed by atoms with Crippen molar-refractivity contribution in [3.05, 3.63) is 0 Å². The summed E-state index contributed by atoms with van der Waals surface area (Å²) in [6.45, 7) is 5.39. The van der Waals surface area contributed by atoms with Gasteiger partial charge >= 0.3 is 0 Å². The number of halogens is 1. The van der Waals surface area contributed by atoms with E-state index in [0.717, 1.165) is 6.61 Å². The molecule has 1 rings (SSSR count). The standard InChI is InChI=1S/C16H31ClO/c1-3-4-5-6-7-8-9-10-11-15-12-14(2)13-18-16(15)17/h14-16H,3-13H2,1-2H3. The molecule has 1 aliphatic rings. The van der Waals surface area contributed by atoms with Crippen LogP contribution in [0.15, 0.2) is 0 Å². The molecule has 1 heterocycles. The Balaban J connectivity index is 1.93. The summed E-state index contributed by atoms with van der Waals surface area (Å²) < 4.78 is 5.59. The molecular weight excluding hydrogens is 244 g/mol. The average molecular weight is 275 g/mol. The van der Waals surface area contributed by atoms with Gasteiger partial charge in [0.2, 0.25) is 0 Å². The number of ether oxygens (including phenoxy) is 1. The predicted molar refractivity (Wildman–Crippen MR) is 80.1 cm³/mol. The highest BCUT2D eigenvalue weighted by Gasteiger charge is 2.27. The smallest absolute Gasteiger partial charge is 0.134 e. The molecular formula is C16H31ClO. The Morgan fingerprint density at radius 3 is 2.28 bits per heavy atom. The second kappa shape index (κ2) is 10.1. The van der Waals surface area contributed by atoms with Gasteiger partial charge in [-0.25, -0.2) is 0 Å². The lowest BCUT2D eigenvalue weighted by atomic mass is 9.90. The third-order valence-corrected chi connectivity index (χ3v) is 4.53. The first kappa shape index (κ1) is 16.3. The summed E-state index contributed by atoms with van der Waals surface area (Å²) in [5, 5.41) is 0. The third kappa shape index (κ3) is 6.99. The van der Waals surface area contributed by atoms with E-state index in [1.807, 2.05) is 0 Å². The topological polar surface area (TPSA) is 9.23 Å². The van der Waals surface area contributed by atoms with Crippen molar-refractivity contribution in [1.29, 1.82) is 0 Å². The van der Waals surface area contributed by atoms with Crippen molar-refractivity contribution >= 4 is 11.6 Å². The van der Waals surface area contributed by atoms with Gasteiger partial charge in [-0.15, -0.1) is 0 Å². The number of hydrogen-bond acceptors (Lipinski definition) is 1. The first-order chi connectivity index (χ1) is 8.74. The minimum absolute atomic E-state index is 0.0224. The van der Waals surface area contributed by atoms with Crippen LogP contribution in [0.25, 0.3) is 0 Å². The molecule has 1 saturated heterocycles. The SMILES string of the molecule is CCCCCCCCCCC1CC(C)COC1Cl. The van der Waals surface area contributed by atoms with E-state index in [9.17, 15) is 0 Å². The molecule has 0 radical (unpaired) electrons. The predicted octanol–water partition coefficient (Wildman–Crippen LogP) is 5.75. The van der Waals surface area contributed by atoms with Gasteiger partial charge in [-0.1, -0.05) is 76.8 Å². The first-order valence-corrected chi connectivity index (χ1v) is 8.43. The summed E-state index contributed by atoms with van der Waals surface area (Å²) in [5.74, 6) is 1.29. The zero-order valence-electron chi connectivity index (χ0n) is 12.3. The second-order valence-electron chi connectivity index (χ2n) is 6.05. The van der Waals surface area contributed by atoms with Crippen molar-refractivity contribution in [2.75, 3.05) is 6.61 Å². The molecule has 3 atom stereocenters. The maximum atomic E-state index is 6.22. The highest BCUT2D eigenvalue weighted by Crippen LogP contribution is 2.31. The number of alkyl halides is 1. The molecule has 0 aliphatic carbocycles. The summed E-state index contributed by atoms with van der Waals surface area (Å²) in [5.41, 5.74) is -0.0224. The van der Waals surface area contributed by atoms with E-state index < -0.39 is 0 Å². The molecule has 1 nitrogen and oxygen atoms in total. The molecule has 0 saturated carbocycles. The van der Waals surface area contributed by atoms with Gasteiger partial charge < -0.3 is 4.74 Å². The minimum Gasteiger partial charge on any atom is -0.362 e. The number of hydrogen-bond donors (Lipinski definition) is 0. The maximum absolute atomic E-state index is 6.22. The zero-order valence-corrected chi connectivity index (χ0v) is 13.1. The van der Waals surface area contributed by atoms with Crippen LogP contribution in [-0.4, -0.2) is 12.2 Å². The van der Waals surface area contributed by atoms with E-state index in [4.69, 9.17) is 16.3 Å². The Morgan fingerprint density at radius 1 is 1.00 bits per heavy atom. The van der Waals surface area contributed by atoms with Crippen molar-refractivity contribution in [2.45, 2.75) is 83.6 Å². The lowest BCUT2D eigenvalue weighted by Crippen LogP contribution is -2.29. The fourth-order valence-corrected chi connectivity index (χ4v) is 3.18. The minimum atomic E-state index is -0.0224. The fraction of sp³-hybridized carbons (Fsp3) is 1.00. The van der Waals surface area contributed by atoms with E-state index in [2.05, 4.69) is 13.8 Å². The van der Waals surface area contributed by atoms with Gasteiger partial charge in [0.1, 0.15) is 5.56 Å². The maximum Gasteiger partial charge on any atom is 0.134 e. The van der Waals surface area contributed by atoms with E-state index >= 15 is 0 Å². The second-order valence-corrected chi connectivity index (χ2v) is 6.48. The van der Waals surface area contributed by atoms with Crippen molar-refractivity contribution in [1.82, 2.24) is 0 Å². The van der Waals surface area contributed by atoms with Crippen LogP contribution in [0.5, 0.6) is 0 Å². The quantitative estimate of drug-likeness (QED) is 0.384. The zero-order chi connectivity index (χ0) is 13.2. The van der Waals surface area contributed by atoms with Gasteiger partial charge in [0.05, 0.1) is 6.61 Å². The molecule has 0 aromatic carbocycles. The summed E-state index contributed by atoms with van der Waals surface area (Å²) in [6.07, 6.45) is 13.6. The molecule has 0 N–H and O–H groups in total. The van der Waals surface area contributed by atoms with Gasteiger partial charge in [-0.2, -0.15) is 0 Å². The van der Waals surface area contributed by atoms with Gasteiger partial charge in [0.25, 0.3) is 0 Å². The number of unbranched alkanes of at least 4 members (excludes halogenated alkanes) is 7. The molecule has 0 bridgehead atoms. The van der Waals surface area contributed by atoms with Crippen LogP contribution in [0.3, 0.4) is 0 Å². The summed E-state index contributed by atoms with van der Waals surface area (Å²) in [6, 6.07) is 0. The lowest BCUT2D eigenvalue weighted by molar-refractivity contribution is -0.00903. The highest BCUT2D eigenvalue weighted by atomic mass is 35.5. The lowest BCUT2D eigenvalue weighted by Gasteiger charge is -2.31. The molecule has 0 spiro atoms. The normalized spacial score (nSPS) is 28.5. The molecule has 0 aromatic heterocycles. The molecule has 0 aromatic rings. The fourth-order valence-electron chi connectivity index (χ4n) is 2.87. The van der Waals surface area contributed by atoms with Crippen molar-refractivity contribution in [3.63, 3.8) is 0 Å². The molecule has 1 fully saturated rings. The van der Waals surface area contributed by atoms with Gasteiger partial charge in [0, 0.05) is 0 Å². The molecule has 1 aliphatic heterocycles. The summed E-state index contributed by atoms with van der Waals surface area (Å²) in [7, 11) is 0. The third-order valence-electron chi connectivity index (χ3n) is 4.04. The number of rotatable bonds is 9. The molecule has 18 heavy (non-hydrogen) atoms. The average Bonchev–Trinajstić information content (AvgIpc) is 2.36. The van der Waals surface area contributed by atoms with Gasteiger partial charge in [0.15, 0.2) is 0 Å². The van der Waals surface area contributed by atoms with Crippen molar-refractivity contribution < 1.29 is 4.74 Å². The van der Waals surface area contributed by atoms with Crippen LogP contribution in [0, 0.1) is 11.8 Å². The van der Waals surface area contributed by atoms with Gasteiger partial charge in [-0.05, 0) is 24.7 Å². The monoisotopic (exact) mass is 274 g/mol.